The lowest BCUT2D eigenvalue weighted by Gasteiger charge is -2.03. The normalized spacial score (nSPS) is 11.0. The van der Waals surface area contributed by atoms with Crippen LogP contribution in [0.3, 0.4) is 0 Å². The molecule has 24 heavy (non-hydrogen) atoms. The maximum absolute atomic E-state index is 12.8. The van der Waals surface area contributed by atoms with Crippen molar-refractivity contribution in [3.63, 3.8) is 0 Å². The number of halogens is 1. The summed E-state index contributed by atoms with van der Waals surface area (Å²) in [7, 11) is 1.69. The summed E-state index contributed by atoms with van der Waals surface area (Å²) in [5.41, 5.74) is 0.459. The summed E-state index contributed by atoms with van der Waals surface area (Å²) in [6.45, 7) is 1.78. The van der Waals surface area contributed by atoms with Crippen LogP contribution in [-0.4, -0.2) is 21.2 Å². The average Bonchev–Trinajstić information content (AvgIpc) is 2.96. The van der Waals surface area contributed by atoms with E-state index in [2.05, 4.69) is 10.3 Å². The molecule has 0 aliphatic heterocycles. The Morgan fingerprint density at radius 1 is 1.38 bits per heavy atom. The molecule has 0 fully saturated rings. The number of rotatable bonds is 4. The predicted octanol–water partition coefficient (Wildman–Crippen LogP) is 3.17. The molecule has 3 aromatic rings. The number of amides is 1. The first kappa shape index (κ1) is 16.7. The van der Waals surface area contributed by atoms with Crippen molar-refractivity contribution in [1.29, 1.82) is 0 Å². The highest BCUT2D eigenvalue weighted by Gasteiger charge is 2.12. The lowest BCUT2D eigenvalue weighted by atomic mass is 10.3. The first-order chi connectivity index (χ1) is 11.4. The number of nitrogens with zero attached hydrogens (tertiary/aromatic N) is 2. The second-order valence-corrected chi connectivity index (χ2v) is 7.46. The molecule has 1 aromatic carbocycles. The quantitative estimate of drug-likeness (QED) is 0.723. The summed E-state index contributed by atoms with van der Waals surface area (Å²) < 4.78 is 15.2. The molecule has 3 rings (SSSR count). The van der Waals surface area contributed by atoms with Gasteiger partial charge in [-0.15, -0.1) is 23.1 Å². The van der Waals surface area contributed by atoms with Crippen molar-refractivity contribution < 1.29 is 9.18 Å². The van der Waals surface area contributed by atoms with E-state index in [4.69, 9.17) is 0 Å². The molecule has 0 atom stereocenters. The minimum absolute atomic E-state index is 0.0867. The highest BCUT2D eigenvalue weighted by Crippen LogP contribution is 2.30. The Bertz CT molecular complexity index is 964. The van der Waals surface area contributed by atoms with Crippen LogP contribution in [0, 0.1) is 12.7 Å². The minimum atomic E-state index is -0.350. The van der Waals surface area contributed by atoms with Gasteiger partial charge in [-0.05, 0) is 37.3 Å². The molecule has 0 aliphatic rings. The molecule has 5 nitrogen and oxygen atoms in total. The van der Waals surface area contributed by atoms with Gasteiger partial charge in [-0.2, -0.15) is 0 Å². The Labute approximate surface area is 145 Å². The molecular formula is C16H14FN3O2S2. The van der Waals surface area contributed by atoms with Gasteiger partial charge in [0.2, 0.25) is 5.91 Å². The van der Waals surface area contributed by atoms with Crippen LogP contribution in [0.4, 0.5) is 10.1 Å². The fourth-order valence-corrected chi connectivity index (χ4v) is 4.08. The van der Waals surface area contributed by atoms with E-state index < -0.39 is 0 Å². The molecular weight excluding hydrogens is 349 g/mol. The van der Waals surface area contributed by atoms with E-state index in [0.29, 0.717) is 21.7 Å². The third-order valence-electron chi connectivity index (χ3n) is 3.45. The number of thiophene rings is 1. The summed E-state index contributed by atoms with van der Waals surface area (Å²) in [6, 6.07) is 7.36. The number of hydrogen-bond donors (Lipinski definition) is 1. The third kappa shape index (κ3) is 3.49. The smallest absolute Gasteiger partial charge is 0.262 e. The van der Waals surface area contributed by atoms with Crippen LogP contribution in [-0.2, 0) is 11.8 Å². The number of fused-ring (bicyclic) bond motifs is 1. The average molecular weight is 363 g/mol. The molecule has 1 amide bonds. The number of aryl methyl sites for hydroxylation is 1. The van der Waals surface area contributed by atoms with E-state index in [0.717, 1.165) is 4.21 Å². The van der Waals surface area contributed by atoms with Gasteiger partial charge >= 0.3 is 0 Å². The number of nitrogens with one attached hydrogen (secondary N) is 1. The zero-order chi connectivity index (χ0) is 17.3. The molecule has 0 spiro atoms. The summed E-state index contributed by atoms with van der Waals surface area (Å²) in [5, 5.41) is 3.26. The molecule has 0 saturated carbocycles. The van der Waals surface area contributed by atoms with E-state index in [-0.39, 0.29) is 23.0 Å². The van der Waals surface area contributed by atoms with Gasteiger partial charge in [0.25, 0.3) is 5.56 Å². The summed E-state index contributed by atoms with van der Waals surface area (Å²) in [5.74, 6) is 0.307. The first-order valence-electron chi connectivity index (χ1n) is 7.09. The van der Waals surface area contributed by atoms with E-state index in [1.807, 2.05) is 0 Å². The van der Waals surface area contributed by atoms with E-state index in [9.17, 15) is 14.0 Å². The SMILES string of the molecule is Cc1nc2sc(SCC(=O)Nc3ccc(F)cc3)cc2c(=O)n1C. The van der Waals surface area contributed by atoms with Gasteiger partial charge in [-0.3, -0.25) is 14.2 Å². The number of thioether (sulfide) groups is 1. The van der Waals surface area contributed by atoms with E-state index in [1.165, 1.54) is 51.9 Å². The maximum atomic E-state index is 12.8. The van der Waals surface area contributed by atoms with Gasteiger partial charge in [-0.25, -0.2) is 9.37 Å². The highest BCUT2D eigenvalue weighted by atomic mass is 32.2. The predicted molar refractivity (Wildman–Crippen MR) is 95.4 cm³/mol. The number of aromatic nitrogens is 2. The van der Waals surface area contributed by atoms with Crippen LogP contribution in [0.1, 0.15) is 5.82 Å². The van der Waals surface area contributed by atoms with Gasteiger partial charge in [0.1, 0.15) is 16.5 Å². The Balaban J connectivity index is 1.69. The van der Waals surface area contributed by atoms with Crippen molar-refractivity contribution in [3.8, 4) is 0 Å². The van der Waals surface area contributed by atoms with Crippen LogP contribution in [0.2, 0.25) is 0 Å². The number of anilines is 1. The molecule has 2 aromatic heterocycles. The van der Waals surface area contributed by atoms with Crippen LogP contribution >= 0.6 is 23.1 Å². The number of hydrogen-bond acceptors (Lipinski definition) is 5. The molecule has 2 heterocycles. The van der Waals surface area contributed by atoms with E-state index >= 15 is 0 Å². The van der Waals surface area contributed by atoms with Crippen LogP contribution < -0.4 is 10.9 Å². The number of carbonyl (C=O) groups excluding carboxylic acids is 1. The maximum Gasteiger partial charge on any atom is 0.262 e. The summed E-state index contributed by atoms with van der Waals surface area (Å²) in [6.07, 6.45) is 0. The number of carbonyl (C=O) groups is 1. The highest BCUT2D eigenvalue weighted by molar-refractivity contribution is 8.01. The van der Waals surface area contributed by atoms with Gasteiger partial charge in [0.15, 0.2) is 0 Å². The molecule has 0 radical (unpaired) electrons. The van der Waals surface area contributed by atoms with Crippen molar-refractivity contribution >= 4 is 44.9 Å². The molecule has 0 bridgehead atoms. The Kier molecular flexibility index (Phi) is 4.68. The number of benzene rings is 1. The minimum Gasteiger partial charge on any atom is -0.325 e. The van der Waals surface area contributed by atoms with Gasteiger partial charge in [-0.1, -0.05) is 0 Å². The van der Waals surface area contributed by atoms with Gasteiger partial charge in [0.05, 0.1) is 15.3 Å². The molecule has 1 N–H and O–H groups in total. The second-order valence-electron chi connectivity index (χ2n) is 5.15. The molecule has 0 aliphatic carbocycles. The Morgan fingerprint density at radius 3 is 2.79 bits per heavy atom. The monoisotopic (exact) mass is 363 g/mol. The van der Waals surface area contributed by atoms with Crippen molar-refractivity contribution in [2.45, 2.75) is 11.1 Å². The van der Waals surface area contributed by atoms with Gasteiger partial charge < -0.3 is 5.32 Å². The first-order valence-corrected chi connectivity index (χ1v) is 8.89. The topological polar surface area (TPSA) is 64.0 Å². The lowest BCUT2D eigenvalue weighted by Crippen LogP contribution is -2.19. The summed E-state index contributed by atoms with van der Waals surface area (Å²) >= 11 is 2.73. The molecule has 0 saturated heterocycles. The largest absolute Gasteiger partial charge is 0.325 e. The second kappa shape index (κ2) is 6.74. The van der Waals surface area contributed by atoms with Crippen LogP contribution in [0.25, 0.3) is 10.2 Å². The van der Waals surface area contributed by atoms with Crippen molar-refractivity contribution in [2.24, 2.45) is 7.05 Å². The van der Waals surface area contributed by atoms with Crippen molar-refractivity contribution in [2.75, 3.05) is 11.1 Å². The lowest BCUT2D eigenvalue weighted by molar-refractivity contribution is -0.113. The zero-order valence-corrected chi connectivity index (χ0v) is 14.6. The third-order valence-corrected chi connectivity index (χ3v) is 5.68. The van der Waals surface area contributed by atoms with Crippen molar-refractivity contribution in [3.05, 3.63) is 52.3 Å². The van der Waals surface area contributed by atoms with Crippen LogP contribution in [0.5, 0.6) is 0 Å². The molecule has 124 valence electrons. The molecule has 0 unspecified atom stereocenters. The zero-order valence-electron chi connectivity index (χ0n) is 13.0. The Hall–Kier alpha value is -2.19. The van der Waals surface area contributed by atoms with Crippen LogP contribution in [0.15, 0.2) is 39.3 Å². The van der Waals surface area contributed by atoms with Gasteiger partial charge in [0, 0.05) is 12.7 Å². The molecule has 8 heteroatoms. The fourth-order valence-electron chi connectivity index (χ4n) is 2.08. The standard InChI is InChI=1S/C16H14FN3O2S2/c1-9-18-15-12(16(22)20(9)2)7-14(24-15)23-8-13(21)19-11-5-3-10(17)4-6-11/h3-7H,8H2,1-2H3,(H,19,21). The fraction of sp³-hybridized carbons (Fsp3) is 0.188. The van der Waals surface area contributed by atoms with Crippen molar-refractivity contribution in [1.82, 2.24) is 9.55 Å². The summed E-state index contributed by atoms with van der Waals surface area (Å²) in [4.78, 5) is 29.2. The Morgan fingerprint density at radius 2 is 2.08 bits per heavy atom. The van der Waals surface area contributed by atoms with E-state index in [1.54, 1.807) is 20.0 Å².